The lowest BCUT2D eigenvalue weighted by atomic mass is 9.86. The van der Waals surface area contributed by atoms with E-state index in [1.165, 1.54) is 0 Å². The maximum Gasteiger partial charge on any atom is 0.274 e. The Morgan fingerprint density at radius 2 is 1.79 bits per heavy atom. The van der Waals surface area contributed by atoms with Gasteiger partial charge in [-0.15, -0.1) is 0 Å². The number of aliphatic hydroxyl groups is 1. The highest BCUT2D eigenvalue weighted by Crippen LogP contribution is 2.33. The number of nitrogens with zero attached hydrogens (tertiary/aromatic N) is 1. The molecule has 2 aromatic carbocycles. The minimum absolute atomic E-state index is 0.00590. The Morgan fingerprint density at radius 3 is 2.42 bits per heavy atom. The number of hydrogen-bond donors (Lipinski definition) is 3. The number of H-pyrrole nitrogens is 1. The lowest BCUT2D eigenvalue weighted by molar-refractivity contribution is 0.102. The Hall–Kier alpha value is -3.64. The monoisotopic (exact) mass is 443 g/mol. The van der Waals surface area contributed by atoms with Crippen molar-refractivity contribution >= 4 is 22.5 Å². The molecule has 2 heterocycles. The van der Waals surface area contributed by atoms with Crippen LogP contribution < -0.4 is 10.9 Å². The molecule has 6 nitrogen and oxygen atoms in total. The zero-order chi connectivity index (χ0) is 23.8. The van der Waals surface area contributed by atoms with Gasteiger partial charge in [-0.25, -0.2) is 0 Å². The van der Waals surface area contributed by atoms with Gasteiger partial charge in [0.2, 0.25) is 0 Å². The lowest BCUT2D eigenvalue weighted by Crippen LogP contribution is -2.19. The number of rotatable bonds is 5. The Labute approximate surface area is 192 Å². The van der Waals surface area contributed by atoms with Crippen LogP contribution in [0.15, 0.2) is 65.7 Å². The summed E-state index contributed by atoms with van der Waals surface area (Å²) in [5.41, 5.74) is 4.86. The molecule has 0 saturated carbocycles. The van der Waals surface area contributed by atoms with Crippen LogP contribution in [0.25, 0.3) is 22.0 Å². The van der Waals surface area contributed by atoms with Crippen molar-refractivity contribution < 1.29 is 9.90 Å². The first kappa shape index (κ1) is 22.6. The summed E-state index contributed by atoms with van der Waals surface area (Å²) in [5.74, 6) is -0.243. The van der Waals surface area contributed by atoms with Crippen molar-refractivity contribution in [1.82, 2.24) is 9.55 Å². The number of pyridine rings is 1. The number of amides is 1. The Balaban J connectivity index is 1.74. The van der Waals surface area contributed by atoms with Gasteiger partial charge in [0.1, 0.15) is 5.52 Å². The summed E-state index contributed by atoms with van der Waals surface area (Å²) >= 11 is 0. The minimum atomic E-state index is -0.258. The first-order valence-electron chi connectivity index (χ1n) is 11.1. The first-order valence-corrected chi connectivity index (χ1v) is 11.1. The quantitative estimate of drug-likeness (QED) is 0.403. The predicted octanol–water partition coefficient (Wildman–Crippen LogP) is 5.06. The molecule has 0 unspecified atom stereocenters. The van der Waals surface area contributed by atoms with Crippen molar-refractivity contribution in [1.29, 1.82) is 0 Å². The van der Waals surface area contributed by atoms with E-state index in [9.17, 15) is 14.7 Å². The Bertz CT molecular complexity index is 1370. The summed E-state index contributed by atoms with van der Waals surface area (Å²) in [7, 11) is 0. The fourth-order valence-electron chi connectivity index (χ4n) is 4.09. The molecule has 0 spiro atoms. The number of aliphatic hydroxyl groups excluding tert-OH is 1. The van der Waals surface area contributed by atoms with Crippen molar-refractivity contribution in [2.75, 3.05) is 5.32 Å². The molecular formula is C27H29N3O3. The van der Waals surface area contributed by atoms with Crippen molar-refractivity contribution in [2.45, 2.75) is 46.3 Å². The zero-order valence-electron chi connectivity index (χ0n) is 19.4. The van der Waals surface area contributed by atoms with Gasteiger partial charge in [-0.05, 0) is 47.7 Å². The SMILES string of the molecule is CCn1cc(-c2cccc(NC(=O)c3ccc(C(C)(C)C)cc3)c2CO)c2cc[nH]c2c1=O. The van der Waals surface area contributed by atoms with Crippen molar-refractivity contribution in [3.05, 3.63) is 88.0 Å². The third kappa shape index (κ3) is 4.22. The number of benzene rings is 2. The van der Waals surface area contributed by atoms with E-state index in [1.807, 2.05) is 55.6 Å². The van der Waals surface area contributed by atoms with Crippen LogP contribution in [-0.2, 0) is 18.6 Å². The number of aromatic amines is 1. The van der Waals surface area contributed by atoms with Gasteiger partial charge in [-0.1, -0.05) is 45.0 Å². The molecule has 0 radical (unpaired) electrons. The number of aryl methyl sites for hydroxylation is 1. The summed E-state index contributed by atoms with van der Waals surface area (Å²) in [4.78, 5) is 28.6. The summed E-state index contributed by atoms with van der Waals surface area (Å²) in [5, 5.41) is 14.0. The van der Waals surface area contributed by atoms with Crippen molar-refractivity contribution in [3.63, 3.8) is 0 Å². The largest absolute Gasteiger partial charge is 0.392 e. The molecule has 0 fully saturated rings. The number of carbonyl (C=O) groups is 1. The average Bonchev–Trinajstić information content (AvgIpc) is 3.29. The van der Waals surface area contributed by atoms with Crippen LogP contribution in [0, 0.1) is 0 Å². The van der Waals surface area contributed by atoms with E-state index in [-0.39, 0.29) is 23.5 Å². The van der Waals surface area contributed by atoms with E-state index >= 15 is 0 Å². The normalized spacial score (nSPS) is 11.7. The standard InChI is InChI=1S/C27H29N3O3/c1-5-30-15-21(20-13-14-28-24(20)26(30)33)19-7-6-8-23(22(19)16-31)29-25(32)17-9-11-18(12-10-17)27(2,3)4/h6-15,28,31H,5,16H2,1-4H3,(H,29,32). The van der Waals surface area contributed by atoms with Crippen LogP contribution >= 0.6 is 0 Å². The summed E-state index contributed by atoms with van der Waals surface area (Å²) < 4.78 is 1.64. The molecule has 4 aromatic rings. The maximum absolute atomic E-state index is 13.0. The molecular weight excluding hydrogens is 414 g/mol. The van der Waals surface area contributed by atoms with E-state index in [0.717, 1.165) is 22.1 Å². The highest BCUT2D eigenvalue weighted by Gasteiger charge is 2.18. The number of hydrogen-bond acceptors (Lipinski definition) is 3. The molecule has 170 valence electrons. The predicted molar refractivity (Wildman–Crippen MR) is 133 cm³/mol. The van der Waals surface area contributed by atoms with Crippen LogP contribution in [-0.4, -0.2) is 20.6 Å². The van der Waals surface area contributed by atoms with Gasteiger partial charge in [0.15, 0.2) is 0 Å². The number of aromatic nitrogens is 2. The van der Waals surface area contributed by atoms with E-state index in [0.29, 0.717) is 28.9 Å². The molecule has 0 bridgehead atoms. The van der Waals surface area contributed by atoms with E-state index < -0.39 is 0 Å². The van der Waals surface area contributed by atoms with Crippen LogP contribution in [0.5, 0.6) is 0 Å². The fraction of sp³-hybridized carbons (Fsp3) is 0.259. The highest BCUT2D eigenvalue weighted by molar-refractivity contribution is 6.05. The Morgan fingerprint density at radius 1 is 1.06 bits per heavy atom. The van der Waals surface area contributed by atoms with Gasteiger partial charge in [-0.3, -0.25) is 9.59 Å². The molecule has 4 rings (SSSR count). The molecule has 0 aliphatic carbocycles. The second kappa shape index (κ2) is 8.71. The summed E-state index contributed by atoms with van der Waals surface area (Å²) in [6, 6.07) is 14.9. The lowest BCUT2D eigenvalue weighted by Gasteiger charge is -2.19. The summed E-state index contributed by atoms with van der Waals surface area (Å²) in [6.45, 7) is 8.56. The third-order valence-corrected chi connectivity index (χ3v) is 6.02. The van der Waals surface area contributed by atoms with Crippen LogP contribution in [0.1, 0.15) is 49.2 Å². The Kier molecular flexibility index (Phi) is 5.95. The molecule has 3 N–H and O–H groups in total. The average molecular weight is 444 g/mol. The zero-order valence-corrected chi connectivity index (χ0v) is 19.4. The number of anilines is 1. The van der Waals surface area contributed by atoms with Gasteiger partial charge in [-0.2, -0.15) is 0 Å². The van der Waals surface area contributed by atoms with E-state index in [2.05, 4.69) is 31.1 Å². The molecule has 0 aliphatic heterocycles. The number of carbonyl (C=O) groups excluding carboxylic acids is 1. The molecule has 0 saturated heterocycles. The van der Waals surface area contributed by atoms with Gasteiger partial charge >= 0.3 is 0 Å². The molecule has 1 amide bonds. The van der Waals surface area contributed by atoms with Crippen LogP contribution in [0.2, 0.25) is 0 Å². The minimum Gasteiger partial charge on any atom is -0.392 e. The van der Waals surface area contributed by atoms with Gasteiger partial charge in [0, 0.05) is 46.7 Å². The molecule has 0 aliphatic rings. The summed E-state index contributed by atoms with van der Waals surface area (Å²) in [6.07, 6.45) is 3.55. The third-order valence-electron chi connectivity index (χ3n) is 6.02. The number of nitrogens with one attached hydrogen (secondary N) is 2. The van der Waals surface area contributed by atoms with E-state index in [4.69, 9.17) is 0 Å². The smallest absolute Gasteiger partial charge is 0.274 e. The maximum atomic E-state index is 13.0. The second-order valence-electron chi connectivity index (χ2n) is 9.17. The fourth-order valence-corrected chi connectivity index (χ4v) is 4.09. The highest BCUT2D eigenvalue weighted by atomic mass is 16.3. The molecule has 33 heavy (non-hydrogen) atoms. The van der Waals surface area contributed by atoms with Crippen molar-refractivity contribution in [3.8, 4) is 11.1 Å². The number of fused-ring (bicyclic) bond motifs is 1. The first-order chi connectivity index (χ1) is 15.7. The molecule has 2 aromatic heterocycles. The van der Waals surface area contributed by atoms with Gasteiger partial charge in [0.25, 0.3) is 11.5 Å². The topological polar surface area (TPSA) is 87.1 Å². The van der Waals surface area contributed by atoms with Crippen molar-refractivity contribution in [2.24, 2.45) is 0 Å². The van der Waals surface area contributed by atoms with Crippen LogP contribution in [0.3, 0.4) is 0 Å². The second-order valence-corrected chi connectivity index (χ2v) is 9.17. The van der Waals surface area contributed by atoms with Gasteiger partial charge < -0.3 is 20.0 Å². The van der Waals surface area contributed by atoms with Gasteiger partial charge in [0.05, 0.1) is 6.61 Å². The van der Waals surface area contributed by atoms with E-state index in [1.54, 1.807) is 16.8 Å². The molecule has 0 atom stereocenters. The van der Waals surface area contributed by atoms with Crippen LogP contribution in [0.4, 0.5) is 5.69 Å². The molecule has 6 heteroatoms.